The lowest BCUT2D eigenvalue weighted by Crippen LogP contribution is -2.09. The van der Waals surface area contributed by atoms with Crippen LogP contribution < -0.4 is 0 Å². The molecular formula is C17H19N7OS. The molecule has 0 saturated heterocycles. The first-order valence-corrected chi connectivity index (χ1v) is 9.23. The first-order chi connectivity index (χ1) is 12.6. The molecule has 0 aliphatic heterocycles. The second kappa shape index (κ2) is 6.93. The summed E-state index contributed by atoms with van der Waals surface area (Å²) in [5.74, 6) is 1.43. The fraction of sp³-hybridized carbons (Fsp3) is 0.353. The molecule has 8 nitrogen and oxygen atoms in total. The number of aryl methyl sites for hydroxylation is 1. The summed E-state index contributed by atoms with van der Waals surface area (Å²) >= 11 is 1.67. The van der Waals surface area contributed by atoms with E-state index in [9.17, 15) is 0 Å². The van der Waals surface area contributed by atoms with Crippen molar-refractivity contribution >= 4 is 21.6 Å². The van der Waals surface area contributed by atoms with E-state index < -0.39 is 0 Å². The van der Waals surface area contributed by atoms with Crippen LogP contribution in [-0.4, -0.2) is 41.1 Å². The summed E-state index contributed by atoms with van der Waals surface area (Å²) in [6.07, 6.45) is 2.98. The molecule has 134 valence electrons. The van der Waals surface area contributed by atoms with Crippen molar-refractivity contribution in [2.75, 3.05) is 6.61 Å². The second-order valence-corrected chi connectivity index (χ2v) is 7.11. The van der Waals surface area contributed by atoms with Gasteiger partial charge in [-0.05, 0) is 39.0 Å². The number of ether oxygens (including phenoxy) is 1. The average molecular weight is 369 g/mol. The minimum absolute atomic E-state index is 0.170. The number of rotatable bonds is 6. The smallest absolute Gasteiger partial charge is 0.172 e. The molecule has 1 aromatic carbocycles. The molecule has 0 amide bonds. The zero-order valence-electron chi connectivity index (χ0n) is 14.8. The SMILES string of the molecule is CCO[C@H](C)c1nc(Cn2cncn2)nn1-c1ccc2nc(C)sc2c1. The van der Waals surface area contributed by atoms with Crippen LogP contribution in [0.2, 0.25) is 0 Å². The molecule has 0 fully saturated rings. The molecule has 0 N–H and O–H groups in total. The van der Waals surface area contributed by atoms with Crippen LogP contribution >= 0.6 is 11.3 Å². The average Bonchev–Trinajstić information content (AvgIpc) is 3.33. The molecule has 9 heteroatoms. The van der Waals surface area contributed by atoms with Crippen LogP contribution in [0.15, 0.2) is 30.9 Å². The fourth-order valence-electron chi connectivity index (χ4n) is 2.83. The molecule has 0 unspecified atom stereocenters. The van der Waals surface area contributed by atoms with Crippen molar-refractivity contribution in [3.63, 3.8) is 0 Å². The summed E-state index contributed by atoms with van der Waals surface area (Å²) in [5, 5.41) is 9.87. The summed E-state index contributed by atoms with van der Waals surface area (Å²) in [6.45, 7) is 7.04. The summed E-state index contributed by atoms with van der Waals surface area (Å²) in [5.41, 5.74) is 1.94. The standard InChI is InChI=1S/C17H19N7OS/c1-4-25-11(2)17-21-16(8-23-10-18-9-19-23)22-24(17)13-5-6-14-15(7-13)26-12(3)20-14/h5-7,9-11H,4,8H2,1-3H3/t11-/m1/s1. The van der Waals surface area contributed by atoms with Gasteiger partial charge >= 0.3 is 0 Å². The van der Waals surface area contributed by atoms with E-state index in [4.69, 9.17) is 14.8 Å². The van der Waals surface area contributed by atoms with Gasteiger partial charge in [-0.2, -0.15) is 5.10 Å². The van der Waals surface area contributed by atoms with Crippen LogP contribution in [0, 0.1) is 6.92 Å². The predicted molar refractivity (Wildman–Crippen MR) is 98.4 cm³/mol. The molecule has 0 bridgehead atoms. The molecule has 26 heavy (non-hydrogen) atoms. The van der Waals surface area contributed by atoms with Crippen molar-refractivity contribution in [2.24, 2.45) is 0 Å². The Hall–Kier alpha value is -2.65. The first kappa shape index (κ1) is 16.8. The number of hydrogen-bond donors (Lipinski definition) is 0. The summed E-state index contributed by atoms with van der Waals surface area (Å²) < 4.78 is 10.4. The Balaban J connectivity index is 1.77. The topological polar surface area (TPSA) is 83.5 Å². The quantitative estimate of drug-likeness (QED) is 0.520. The Morgan fingerprint density at radius 1 is 1.27 bits per heavy atom. The molecule has 4 rings (SSSR count). The number of thiazole rings is 1. The van der Waals surface area contributed by atoms with Crippen LogP contribution in [0.25, 0.3) is 15.9 Å². The zero-order valence-corrected chi connectivity index (χ0v) is 15.6. The predicted octanol–water partition coefficient (Wildman–Crippen LogP) is 2.92. The molecule has 0 saturated carbocycles. The van der Waals surface area contributed by atoms with Gasteiger partial charge < -0.3 is 4.74 Å². The molecule has 1 atom stereocenters. The minimum atomic E-state index is -0.170. The van der Waals surface area contributed by atoms with Gasteiger partial charge in [0.15, 0.2) is 11.6 Å². The Bertz CT molecular complexity index is 1020. The van der Waals surface area contributed by atoms with Crippen molar-refractivity contribution in [1.82, 2.24) is 34.5 Å². The van der Waals surface area contributed by atoms with Crippen LogP contribution in [0.5, 0.6) is 0 Å². The number of benzene rings is 1. The van der Waals surface area contributed by atoms with Crippen molar-refractivity contribution in [1.29, 1.82) is 0 Å². The van der Waals surface area contributed by atoms with Crippen molar-refractivity contribution in [3.8, 4) is 5.69 Å². The largest absolute Gasteiger partial charge is 0.371 e. The lowest BCUT2D eigenvalue weighted by Gasteiger charge is -2.12. The molecule has 0 aliphatic carbocycles. The monoisotopic (exact) mass is 369 g/mol. The lowest BCUT2D eigenvalue weighted by molar-refractivity contribution is 0.0685. The van der Waals surface area contributed by atoms with E-state index in [1.807, 2.05) is 37.6 Å². The maximum atomic E-state index is 5.76. The zero-order chi connectivity index (χ0) is 18.1. The molecule has 4 aromatic rings. The second-order valence-electron chi connectivity index (χ2n) is 5.87. The lowest BCUT2D eigenvalue weighted by atomic mass is 10.3. The molecule has 0 radical (unpaired) electrons. The summed E-state index contributed by atoms with van der Waals surface area (Å²) in [7, 11) is 0. The van der Waals surface area contributed by atoms with Gasteiger partial charge in [0.05, 0.1) is 20.9 Å². The third kappa shape index (κ3) is 3.23. The maximum absolute atomic E-state index is 5.76. The summed E-state index contributed by atoms with van der Waals surface area (Å²) in [4.78, 5) is 13.2. The molecule has 3 aromatic heterocycles. The van der Waals surface area contributed by atoms with Gasteiger partial charge in [0, 0.05) is 6.61 Å². The molecule has 0 spiro atoms. The van der Waals surface area contributed by atoms with E-state index in [2.05, 4.69) is 21.1 Å². The highest BCUT2D eigenvalue weighted by Crippen LogP contribution is 2.26. The first-order valence-electron chi connectivity index (χ1n) is 8.41. The molecule has 3 heterocycles. The summed E-state index contributed by atoms with van der Waals surface area (Å²) in [6, 6.07) is 6.12. The highest BCUT2D eigenvalue weighted by Gasteiger charge is 2.19. The van der Waals surface area contributed by atoms with Gasteiger partial charge in [-0.15, -0.1) is 16.4 Å². The van der Waals surface area contributed by atoms with Crippen molar-refractivity contribution in [3.05, 3.63) is 47.5 Å². The van der Waals surface area contributed by atoms with Crippen molar-refractivity contribution < 1.29 is 4.74 Å². The van der Waals surface area contributed by atoms with E-state index >= 15 is 0 Å². The van der Waals surface area contributed by atoms with Crippen LogP contribution in [0.3, 0.4) is 0 Å². The Morgan fingerprint density at radius 3 is 2.92 bits per heavy atom. The highest BCUT2D eigenvalue weighted by molar-refractivity contribution is 7.18. The van der Waals surface area contributed by atoms with E-state index in [0.29, 0.717) is 19.0 Å². The number of fused-ring (bicyclic) bond motifs is 1. The Kier molecular flexibility index (Phi) is 4.48. The Labute approximate surface area is 154 Å². The number of hydrogen-bond acceptors (Lipinski definition) is 7. The third-order valence-electron chi connectivity index (χ3n) is 3.95. The van der Waals surface area contributed by atoms with Crippen LogP contribution in [-0.2, 0) is 11.3 Å². The van der Waals surface area contributed by atoms with Gasteiger partial charge in [-0.25, -0.2) is 24.3 Å². The van der Waals surface area contributed by atoms with Crippen LogP contribution in [0.1, 0.15) is 36.6 Å². The van der Waals surface area contributed by atoms with Gasteiger partial charge in [-0.3, -0.25) is 0 Å². The minimum Gasteiger partial charge on any atom is -0.371 e. The van der Waals surface area contributed by atoms with E-state index in [0.717, 1.165) is 26.7 Å². The highest BCUT2D eigenvalue weighted by atomic mass is 32.1. The van der Waals surface area contributed by atoms with E-state index in [-0.39, 0.29) is 6.10 Å². The van der Waals surface area contributed by atoms with Gasteiger partial charge in [0.2, 0.25) is 0 Å². The van der Waals surface area contributed by atoms with E-state index in [1.54, 1.807) is 22.3 Å². The third-order valence-corrected chi connectivity index (χ3v) is 4.88. The Morgan fingerprint density at radius 2 is 2.15 bits per heavy atom. The van der Waals surface area contributed by atoms with Gasteiger partial charge in [0.1, 0.15) is 25.3 Å². The van der Waals surface area contributed by atoms with Crippen molar-refractivity contribution in [2.45, 2.75) is 33.4 Å². The fourth-order valence-corrected chi connectivity index (χ4v) is 3.69. The normalized spacial score (nSPS) is 12.7. The van der Waals surface area contributed by atoms with Gasteiger partial charge in [0.25, 0.3) is 0 Å². The van der Waals surface area contributed by atoms with Gasteiger partial charge in [-0.1, -0.05) is 0 Å². The number of aromatic nitrogens is 7. The molecular weight excluding hydrogens is 350 g/mol. The van der Waals surface area contributed by atoms with E-state index in [1.165, 1.54) is 6.33 Å². The molecule has 0 aliphatic rings. The van der Waals surface area contributed by atoms with Crippen LogP contribution in [0.4, 0.5) is 0 Å². The number of nitrogens with zero attached hydrogens (tertiary/aromatic N) is 7. The maximum Gasteiger partial charge on any atom is 0.172 e.